The van der Waals surface area contributed by atoms with Crippen LogP contribution in [-0.4, -0.2) is 123 Å². The number of rotatable bonds is 20. The molecule has 0 bridgehead atoms. The second-order valence-corrected chi connectivity index (χ2v) is 17.1. The summed E-state index contributed by atoms with van der Waals surface area (Å²) in [5, 5.41) is 26.1. The SMILES string of the molecule is C/C=C/C(=O)SCCNC(=O)CCNC(=O)[C@H](O)C(C)(C)COP(=O)(O)OP(=O)(O)OC[C@@H]1O[C@H](n2cnc3c(N)ncnc32)[C@@H](O)[C@@H]1OP(=O)(O)O. The molecule has 1 aliphatic heterocycles. The molecule has 298 valence electrons. The number of imidazole rings is 1. The summed E-state index contributed by atoms with van der Waals surface area (Å²) in [6.45, 7) is 2.17. The lowest BCUT2D eigenvalue weighted by Crippen LogP contribution is -2.46. The summed E-state index contributed by atoms with van der Waals surface area (Å²) in [6.07, 6.45) is -3.94. The number of phosphoric acid groups is 3. The van der Waals surface area contributed by atoms with Gasteiger partial charge in [0, 0.05) is 30.7 Å². The normalized spacial score (nSPS) is 22.4. The molecule has 1 aliphatic rings. The third-order valence-electron chi connectivity index (χ3n) is 7.05. The highest BCUT2D eigenvalue weighted by Crippen LogP contribution is 2.61. The van der Waals surface area contributed by atoms with Crippen molar-refractivity contribution in [3.63, 3.8) is 0 Å². The lowest BCUT2D eigenvalue weighted by atomic mass is 9.87. The molecular formula is C25H40N7O17P3S. The van der Waals surface area contributed by atoms with E-state index in [4.69, 9.17) is 19.5 Å². The van der Waals surface area contributed by atoms with Gasteiger partial charge in [0.15, 0.2) is 17.7 Å². The van der Waals surface area contributed by atoms with Crippen molar-refractivity contribution in [3.8, 4) is 0 Å². The molecule has 0 saturated carbocycles. The van der Waals surface area contributed by atoms with Gasteiger partial charge in [-0.25, -0.2) is 28.6 Å². The summed E-state index contributed by atoms with van der Waals surface area (Å²) in [7, 11) is -16.4. The summed E-state index contributed by atoms with van der Waals surface area (Å²) in [5.74, 6) is -1.13. The summed E-state index contributed by atoms with van der Waals surface area (Å²) < 4.78 is 61.9. The Morgan fingerprint density at radius 3 is 2.43 bits per heavy atom. The molecule has 2 aromatic heterocycles. The van der Waals surface area contributed by atoms with Gasteiger partial charge in [-0.3, -0.25) is 32.5 Å². The highest BCUT2D eigenvalue weighted by atomic mass is 32.2. The van der Waals surface area contributed by atoms with Gasteiger partial charge in [-0.2, -0.15) is 4.31 Å². The van der Waals surface area contributed by atoms with E-state index in [2.05, 4.69) is 34.4 Å². The lowest BCUT2D eigenvalue weighted by molar-refractivity contribution is -0.137. The van der Waals surface area contributed by atoms with Gasteiger partial charge in [0.05, 0.1) is 19.5 Å². The molecule has 0 aliphatic carbocycles. The highest BCUT2D eigenvalue weighted by molar-refractivity contribution is 8.14. The Morgan fingerprint density at radius 2 is 1.77 bits per heavy atom. The van der Waals surface area contributed by atoms with Gasteiger partial charge in [-0.1, -0.05) is 31.7 Å². The van der Waals surface area contributed by atoms with Crippen LogP contribution in [0.5, 0.6) is 0 Å². The molecule has 2 aromatic rings. The van der Waals surface area contributed by atoms with Gasteiger partial charge >= 0.3 is 23.5 Å². The summed E-state index contributed by atoms with van der Waals surface area (Å²) in [6, 6.07) is 0. The second kappa shape index (κ2) is 18.8. The number of aliphatic hydroxyl groups excluding tert-OH is 2. The number of carbonyl (C=O) groups is 3. The van der Waals surface area contributed by atoms with E-state index in [1.54, 1.807) is 13.0 Å². The first-order valence-corrected chi connectivity index (χ1v) is 20.7. The Balaban J connectivity index is 1.52. The van der Waals surface area contributed by atoms with Crippen LogP contribution in [-0.2, 0) is 50.7 Å². The molecule has 0 spiro atoms. The van der Waals surface area contributed by atoms with Gasteiger partial charge in [0.25, 0.3) is 0 Å². The van der Waals surface area contributed by atoms with Crippen LogP contribution in [0.1, 0.15) is 33.4 Å². The Morgan fingerprint density at radius 1 is 1.09 bits per heavy atom. The number of nitrogen functional groups attached to an aromatic ring is 1. The molecule has 53 heavy (non-hydrogen) atoms. The Labute approximate surface area is 305 Å². The second-order valence-electron chi connectivity index (χ2n) is 11.7. The Hall–Kier alpha value is -2.70. The van der Waals surface area contributed by atoms with Crippen molar-refractivity contribution in [2.24, 2.45) is 5.41 Å². The number of nitrogens with zero attached hydrogens (tertiary/aromatic N) is 4. The number of fused-ring (bicyclic) bond motifs is 1. The van der Waals surface area contributed by atoms with E-state index in [0.29, 0.717) is 5.75 Å². The average Bonchev–Trinajstić information content (AvgIpc) is 3.61. The number of aliphatic hydroxyl groups is 2. The minimum absolute atomic E-state index is 0.0300. The van der Waals surface area contributed by atoms with Gasteiger partial charge in [0.1, 0.15) is 36.3 Å². The number of amides is 2. The van der Waals surface area contributed by atoms with Crippen LogP contribution in [0.2, 0.25) is 0 Å². The van der Waals surface area contributed by atoms with Crippen molar-refractivity contribution >= 4 is 69.1 Å². The topological polar surface area (TPSA) is 364 Å². The highest BCUT2D eigenvalue weighted by Gasteiger charge is 2.50. The zero-order chi connectivity index (χ0) is 39.8. The summed E-state index contributed by atoms with van der Waals surface area (Å²) in [5.41, 5.74) is 4.26. The number of allylic oxidation sites excluding steroid dienone is 1. The Bertz CT molecular complexity index is 1790. The van der Waals surface area contributed by atoms with E-state index in [0.717, 1.165) is 29.0 Å². The first-order valence-electron chi connectivity index (χ1n) is 15.2. The van der Waals surface area contributed by atoms with E-state index in [-0.39, 0.29) is 41.6 Å². The van der Waals surface area contributed by atoms with Crippen LogP contribution in [0, 0.1) is 5.41 Å². The van der Waals surface area contributed by atoms with Crippen molar-refractivity contribution in [3.05, 3.63) is 24.8 Å². The van der Waals surface area contributed by atoms with E-state index in [1.165, 1.54) is 19.9 Å². The van der Waals surface area contributed by atoms with Crippen molar-refractivity contribution < 1.29 is 80.5 Å². The number of hydrogen-bond donors (Lipinski definition) is 9. The van der Waals surface area contributed by atoms with Crippen LogP contribution >= 0.6 is 35.2 Å². The molecule has 10 N–H and O–H groups in total. The molecule has 28 heteroatoms. The zero-order valence-corrected chi connectivity index (χ0v) is 31.7. The number of nitrogens with one attached hydrogen (secondary N) is 2. The number of carbonyl (C=O) groups excluding carboxylic acids is 3. The molecule has 1 fully saturated rings. The molecule has 2 unspecified atom stereocenters. The number of ether oxygens (including phenoxy) is 1. The minimum atomic E-state index is -5.56. The van der Waals surface area contributed by atoms with E-state index < -0.39 is 84.6 Å². The van der Waals surface area contributed by atoms with Crippen LogP contribution in [0.3, 0.4) is 0 Å². The maximum Gasteiger partial charge on any atom is 0.481 e. The number of nitrogens with two attached hydrogens (primary N) is 1. The largest absolute Gasteiger partial charge is 0.481 e. The van der Waals surface area contributed by atoms with Crippen LogP contribution in [0.15, 0.2) is 24.8 Å². The number of hydrogen-bond acceptors (Lipinski definition) is 18. The number of anilines is 1. The molecule has 3 rings (SSSR count). The summed E-state index contributed by atoms with van der Waals surface area (Å²) in [4.78, 5) is 86.7. The monoisotopic (exact) mass is 835 g/mol. The third-order valence-corrected chi connectivity index (χ3v) is 11.0. The maximum absolute atomic E-state index is 12.6. The molecule has 1 saturated heterocycles. The van der Waals surface area contributed by atoms with E-state index >= 15 is 0 Å². The molecule has 2 amide bonds. The number of thioether (sulfide) groups is 1. The molecule has 0 radical (unpaired) electrons. The van der Waals surface area contributed by atoms with Crippen LogP contribution in [0.25, 0.3) is 11.2 Å². The minimum Gasteiger partial charge on any atom is -0.386 e. The smallest absolute Gasteiger partial charge is 0.386 e. The fraction of sp³-hybridized carbons (Fsp3) is 0.600. The maximum atomic E-state index is 12.6. The van der Waals surface area contributed by atoms with Crippen molar-refractivity contribution in [2.75, 3.05) is 37.8 Å². The van der Waals surface area contributed by atoms with Gasteiger partial charge in [-0.05, 0) is 13.0 Å². The molecule has 7 atom stereocenters. The van der Waals surface area contributed by atoms with Crippen molar-refractivity contribution in [1.29, 1.82) is 0 Å². The molecule has 3 heterocycles. The fourth-order valence-electron chi connectivity index (χ4n) is 4.47. The lowest BCUT2D eigenvalue weighted by Gasteiger charge is -2.30. The van der Waals surface area contributed by atoms with Gasteiger partial charge in [-0.15, -0.1) is 0 Å². The standard InChI is InChI=1S/C25H40N7O17P3S/c1-4-5-16(34)53-9-8-27-15(33)6-7-28-23(37)20(36)25(2,3)11-46-52(43,44)49-51(41,42)45-10-14-19(48-50(38,39)40)18(35)24(47-14)32-13-31-17-21(26)29-12-30-22(17)32/h4-5,12-14,18-20,24,35-36H,6-11H2,1-3H3,(H,27,33)(H,28,37)(H,41,42)(H,43,44)(H2,26,29,30)(H2,38,39,40)/b5-4+/t14-,18-,19+,20-,24-/m0/s1. The first-order chi connectivity index (χ1) is 24.6. The van der Waals surface area contributed by atoms with Crippen LogP contribution in [0.4, 0.5) is 5.82 Å². The van der Waals surface area contributed by atoms with Crippen LogP contribution < -0.4 is 16.4 Å². The molecular weight excluding hydrogens is 795 g/mol. The average molecular weight is 836 g/mol. The van der Waals surface area contributed by atoms with Crippen molar-refractivity contribution in [1.82, 2.24) is 30.2 Å². The fourth-order valence-corrected chi connectivity index (χ4v) is 7.93. The number of aromatic nitrogens is 4. The molecule has 24 nitrogen and oxygen atoms in total. The van der Waals surface area contributed by atoms with Gasteiger partial charge in [0.2, 0.25) is 16.9 Å². The van der Waals surface area contributed by atoms with Crippen molar-refractivity contribution in [2.45, 2.75) is 57.8 Å². The number of phosphoric ester groups is 3. The first kappa shape index (κ1) is 44.7. The third kappa shape index (κ3) is 13.5. The summed E-state index contributed by atoms with van der Waals surface area (Å²) >= 11 is 1.01. The predicted molar refractivity (Wildman–Crippen MR) is 182 cm³/mol. The molecule has 0 aromatic carbocycles. The Kier molecular flexibility index (Phi) is 15.8. The predicted octanol–water partition coefficient (Wildman–Crippen LogP) is -0.759. The van der Waals surface area contributed by atoms with Gasteiger partial charge < -0.3 is 50.9 Å². The van der Waals surface area contributed by atoms with E-state index in [1.807, 2.05) is 0 Å². The quantitative estimate of drug-likeness (QED) is 0.0449. The van der Waals surface area contributed by atoms with E-state index in [9.17, 15) is 57.9 Å². The zero-order valence-electron chi connectivity index (χ0n) is 28.2.